The zero-order valence-electron chi connectivity index (χ0n) is 19.7. The number of hydrogen-bond donors (Lipinski definition) is 2. The van der Waals surface area contributed by atoms with Gasteiger partial charge in [-0.1, -0.05) is 30.7 Å². The second-order valence-electron chi connectivity index (χ2n) is 8.31. The van der Waals surface area contributed by atoms with Crippen molar-refractivity contribution in [2.75, 3.05) is 0 Å². The highest BCUT2D eigenvalue weighted by atomic mass is 35.5. The number of alkyl halides is 3. The van der Waals surface area contributed by atoms with Gasteiger partial charge in [0.15, 0.2) is 0 Å². The summed E-state index contributed by atoms with van der Waals surface area (Å²) >= 11 is 5.91. The first-order valence-corrected chi connectivity index (χ1v) is 11.6. The van der Waals surface area contributed by atoms with Crippen molar-refractivity contribution in [3.63, 3.8) is 0 Å². The number of carboxylic acids is 1. The molecule has 3 rings (SSSR count). The number of carbonyl (C=O) groups is 2. The molecule has 3 aromatic rings. The minimum atomic E-state index is -4.55. The lowest BCUT2D eigenvalue weighted by molar-refractivity contribution is -0.138. The largest absolute Gasteiger partial charge is 0.481 e. The van der Waals surface area contributed by atoms with Crippen LogP contribution in [0.15, 0.2) is 54.6 Å². The van der Waals surface area contributed by atoms with Crippen LogP contribution in [0, 0.1) is 6.92 Å². The number of nitrogens with one attached hydrogen (secondary N) is 1. The van der Waals surface area contributed by atoms with Crippen LogP contribution in [0.3, 0.4) is 0 Å². The Morgan fingerprint density at radius 2 is 1.75 bits per heavy atom. The quantitative estimate of drug-likeness (QED) is 0.320. The van der Waals surface area contributed by atoms with Gasteiger partial charge in [0.25, 0.3) is 5.91 Å². The van der Waals surface area contributed by atoms with E-state index in [2.05, 4.69) is 5.32 Å². The van der Waals surface area contributed by atoms with E-state index < -0.39 is 23.6 Å². The molecule has 0 saturated heterocycles. The molecule has 9 heteroatoms. The average Bonchev–Trinajstić information content (AvgIpc) is 2.80. The molecule has 0 aliphatic carbocycles. The average molecular weight is 520 g/mol. The molecule has 0 atom stereocenters. The van der Waals surface area contributed by atoms with Crippen molar-refractivity contribution >= 4 is 23.5 Å². The van der Waals surface area contributed by atoms with Crippen molar-refractivity contribution in [2.24, 2.45) is 0 Å². The minimum absolute atomic E-state index is 0.0520. The molecule has 0 aliphatic rings. The third-order valence-electron chi connectivity index (χ3n) is 5.51. The van der Waals surface area contributed by atoms with Gasteiger partial charge in [0.05, 0.1) is 16.1 Å². The summed E-state index contributed by atoms with van der Waals surface area (Å²) in [6.07, 6.45) is -3.33. The van der Waals surface area contributed by atoms with Crippen LogP contribution in [-0.4, -0.2) is 17.0 Å². The summed E-state index contributed by atoms with van der Waals surface area (Å²) in [7, 11) is 0. The first-order chi connectivity index (χ1) is 17.0. The third kappa shape index (κ3) is 7.24. The molecule has 0 aliphatic heterocycles. The highest BCUT2D eigenvalue weighted by Gasteiger charge is 2.31. The number of aliphatic carboxylic acids is 1. The van der Waals surface area contributed by atoms with Gasteiger partial charge >= 0.3 is 12.1 Å². The lowest BCUT2D eigenvalue weighted by Gasteiger charge is -2.13. The summed E-state index contributed by atoms with van der Waals surface area (Å²) in [4.78, 5) is 23.4. The van der Waals surface area contributed by atoms with Crippen molar-refractivity contribution < 1.29 is 32.6 Å². The van der Waals surface area contributed by atoms with Gasteiger partial charge in [0, 0.05) is 13.0 Å². The van der Waals surface area contributed by atoms with E-state index in [9.17, 15) is 22.8 Å². The predicted molar refractivity (Wildman–Crippen MR) is 131 cm³/mol. The highest BCUT2D eigenvalue weighted by molar-refractivity contribution is 6.33. The fourth-order valence-electron chi connectivity index (χ4n) is 3.76. The number of benzene rings is 3. The molecule has 0 heterocycles. The Morgan fingerprint density at radius 1 is 1.00 bits per heavy atom. The van der Waals surface area contributed by atoms with Gasteiger partial charge in [-0.2, -0.15) is 13.2 Å². The molecule has 0 fully saturated rings. The van der Waals surface area contributed by atoms with Gasteiger partial charge in [-0.3, -0.25) is 9.59 Å². The SMILES string of the molecule is CCc1cc(Oc2cc(C)cc(CNC(=O)c3ccc(C(F)(F)F)cc3Cl)c2)ccc1CCC(=O)O. The summed E-state index contributed by atoms with van der Waals surface area (Å²) in [6, 6.07) is 13.6. The Bertz CT molecular complexity index is 1270. The van der Waals surface area contributed by atoms with Gasteiger partial charge in [0.2, 0.25) is 0 Å². The summed E-state index contributed by atoms with van der Waals surface area (Å²) in [6.45, 7) is 3.97. The van der Waals surface area contributed by atoms with Gasteiger partial charge in [0.1, 0.15) is 11.5 Å². The standard InChI is InChI=1S/C27H25ClF3NO4/c1-3-18-13-21(7-4-19(18)5-9-25(33)34)36-22-11-16(2)10-17(12-22)15-32-26(35)23-8-6-20(14-24(23)28)27(29,30)31/h4,6-8,10-14H,3,5,9,15H2,1-2H3,(H,32,35)(H,33,34). The molecule has 190 valence electrons. The molecule has 1 amide bonds. The molecule has 0 radical (unpaired) electrons. The molecule has 0 bridgehead atoms. The first-order valence-electron chi connectivity index (χ1n) is 11.2. The fourth-order valence-corrected chi connectivity index (χ4v) is 4.02. The van der Waals surface area contributed by atoms with Crippen molar-refractivity contribution in [1.82, 2.24) is 5.32 Å². The van der Waals surface area contributed by atoms with Crippen molar-refractivity contribution in [1.29, 1.82) is 0 Å². The van der Waals surface area contributed by atoms with Crippen molar-refractivity contribution in [2.45, 2.75) is 45.8 Å². The molecule has 36 heavy (non-hydrogen) atoms. The van der Waals surface area contributed by atoms with E-state index in [0.717, 1.165) is 46.9 Å². The van der Waals surface area contributed by atoms with E-state index in [4.69, 9.17) is 21.4 Å². The van der Waals surface area contributed by atoms with Crippen LogP contribution in [0.4, 0.5) is 13.2 Å². The Morgan fingerprint density at radius 3 is 2.39 bits per heavy atom. The zero-order chi connectivity index (χ0) is 26.5. The van der Waals surface area contributed by atoms with E-state index in [1.165, 1.54) is 0 Å². The maximum absolute atomic E-state index is 12.8. The number of aryl methyl sites for hydroxylation is 3. The number of carboxylic acid groups (broad SMARTS) is 1. The van der Waals surface area contributed by atoms with E-state index in [0.29, 0.717) is 17.9 Å². The maximum Gasteiger partial charge on any atom is 0.416 e. The molecular formula is C27H25ClF3NO4. The van der Waals surface area contributed by atoms with Crippen LogP contribution < -0.4 is 10.1 Å². The van der Waals surface area contributed by atoms with E-state index in [-0.39, 0.29) is 23.6 Å². The molecule has 0 unspecified atom stereocenters. The maximum atomic E-state index is 12.8. The third-order valence-corrected chi connectivity index (χ3v) is 5.82. The number of rotatable bonds is 9. The summed E-state index contributed by atoms with van der Waals surface area (Å²) in [5.74, 6) is -0.296. The molecule has 0 aromatic heterocycles. The molecule has 5 nitrogen and oxygen atoms in total. The topological polar surface area (TPSA) is 75.6 Å². The normalized spacial score (nSPS) is 11.3. The van der Waals surface area contributed by atoms with Gasteiger partial charge in [-0.25, -0.2) is 0 Å². The number of ether oxygens (including phenoxy) is 1. The van der Waals surface area contributed by atoms with E-state index in [1.807, 2.05) is 38.1 Å². The fraction of sp³-hybridized carbons (Fsp3) is 0.259. The zero-order valence-corrected chi connectivity index (χ0v) is 20.5. The summed E-state index contributed by atoms with van der Waals surface area (Å²) < 4.78 is 44.5. The van der Waals surface area contributed by atoms with Crippen LogP contribution >= 0.6 is 11.6 Å². The summed E-state index contributed by atoms with van der Waals surface area (Å²) in [5.41, 5.74) is 2.60. The van der Waals surface area contributed by atoms with Crippen LogP contribution in [0.1, 0.15) is 51.5 Å². The van der Waals surface area contributed by atoms with E-state index in [1.54, 1.807) is 12.1 Å². The van der Waals surface area contributed by atoms with Gasteiger partial charge in [-0.15, -0.1) is 0 Å². The Balaban J connectivity index is 1.70. The lowest BCUT2D eigenvalue weighted by Crippen LogP contribution is -2.23. The second-order valence-corrected chi connectivity index (χ2v) is 8.72. The Hall–Kier alpha value is -3.52. The van der Waals surface area contributed by atoms with Crippen molar-refractivity contribution in [3.8, 4) is 11.5 Å². The molecule has 0 saturated carbocycles. The van der Waals surface area contributed by atoms with Gasteiger partial charge < -0.3 is 15.2 Å². The second kappa shape index (κ2) is 11.5. The van der Waals surface area contributed by atoms with Crippen LogP contribution in [-0.2, 0) is 30.4 Å². The molecule has 2 N–H and O–H groups in total. The minimum Gasteiger partial charge on any atom is -0.481 e. The van der Waals surface area contributed by atoms with Crippen LogP contribution in [0.25, 0.3) is 0 Å². The highest BCUT2D eigenvalue weighted by Crippen LogP contribution is 2.32. The lowest BCUT2D eigenvalue weighted by atomic mass is 10.0. The monoisotopic (exact) mass is 519 g/mol. The smallest absolute Gasteiger partial charge is 0.416 e. The van der Waals surface area contributed by atoms with Crippen molar-refractivity contribution in [3.05, 3.63) is 93.0 Å². The van der Waals surface area contributed by atoms with E-state index >= 15 is 0 Å². The Labute approximate surface area is 211 Å². The Kier molecular flexibility index (Phi) is 8.63. The number of halogens is 4. The first kappa shape index (κ1) is 27.1. The number of carbonyl (C=O) groups excluding carboxylic acids is 1. The molecular weight excluding hydrogens is 495 g/mol. The molecule has 3 aromatic carbocycles. The van der Waals surface area contributed by atoms with Crippen LogP contribution in [0.2, 0.25) is 5.02 Å². The van der Waals surface area contributed by atoms with Gasteiger partial charge in [-0.05, 0) is 84.5 Å². The number of amides is 1. The summed E-state index contributed by atoms with van der Waals surface area (Å²) in [5, 5.41) is 11.3. The molecule has 0 spiro atoms. The van der Waals surface area contributed by atoms with Crippen LogP contribution in [0.5, 0.6) is 11.5 Å². The number of hydrogen-bond acceptors (Lipinski definition) is 3. The predicted octanol–water partition coefficient (Wildman–Crippen LogP) is 6.97.